The molecule has 0 unspecified atom stereocenters. The highest BCUT2D eigenvalue weighted by molar-refractivity contribution is 5.91. The molecular weight excluding hydrogens is 265 g/mol. The topological polar surface area (TPSA) is 102 Å². The molecule has 0 aliphatic heterocycles. The van der Waals surface area contributed by atoms with E-state index in [1.165, 1.54) is 26.0 Å². The minimum Gasteiger partial charge on any atom is -0.481 e. The summed E-state index contributed by atoms with van der Waals surface area (Å²) in [5.41, 5.74) is -1.23. The van der Waals surface area contributed by atoms with Crippen molar-refractivity contribution in [2.24, 2.45) is 0 Å². The van der Waals surface area contributed by atoms with Crippen LogP contribution in [0.15, 0.2) is 18.2 Å². The normalized spacial score (nSPS) is 10.5. The van der Waals surface area contributed by atoms with E-state index in [-0.39, 0.29) is 17.7 Å². The molecule has 0 spiro atoms. The van der Waals surface area contributed by atoms with Gasteiger partial charge in [0, 0.05) is 5.54 Å². The maximum Gasteiger partial charge on any atom is 0.319 e. The second-order valence-electron chi connectivity index (χ2n) is 4.81. The van der Waals surface area contributed by atoms with Gasteiger partial charge in [-0.1, -0.05) is 6.07 Å². The highest BCUT2D eigenvalue weighted by atomic mass is 19.1. The molecule has 0 fully saturated rings. The van der Waals surface area contributed by atoms with E-state index >= 15 is 0 Å². The van der Waals surface area contributed by atoms with E-state index in [4.69, 9.17) is 10.4 Å². The first-order valence-electron chi connectivity index (χ1n) is 5.75. The van der Waals surface area contributed by atoms with Gasteiger partial charge >= 0.3 is 12.0 Å². The van der Waals surface area contributed by atoms with Crippen LogP contribution in [-0.2, 0) is 4.79 Å². The number of carboxylic acid groups (broad SMARTS) is 1. The molecule has 0 bridgehead atoms. The number of carbonyl (C=O) groups is 2. The van der Waals surface area contributed by atoms with Crippen LogP contribution < -0.4 is 10.6 Å². The Morgan fingerprint density at radius 2 is 2.10 bits per heavy atom. The van der Waals surface area contributed by atoms with Crippen molar-refractivity contribution < 1.29 is 19.1 Å². The second kappa shape index (κ2) is 6.02. The molecule has 0 atom stereocenters. The maximum absolute atomic E-state index is 13.3. The van der Waals surface area contributed by atoms with Gasteiger partial charge in [0.1, 0.15) is 17.4 Å². The Labute approximate surface area is 115 Å². The van der Waals surface area contributed by atoms with E-state index in [2.05, 4.69) is 10.6 Å². The summed E-state index contributed by atoms with van der Waals surface area (Å²) in [6.45, 7) is 3.08. The fraction of sp³-hybridized carbons (Fsp3) is 0.308. The summed E-state index contributed by atoms with van der Waals surface area (Å²) in [6, 6.07) is 4.79. The lowest BCUT2D eigenvalue weighted by molar-refractivity contribution is -0.138. The fourth-order valence-corrected chi connectivity index (χ4v) is 1.63. The van der Waals surface area contributed by atoms with Crippen LogP contribution in [0.2, 0.25) is 0 Å². The van der Waals surface area contributed by atoms with Gasteiger partial charge < -0.3 is 15.7 Å². The standard InChI is InChI=1S/C13H14FN3O3/c1-13(2,6-11(18)19)17-12(20)16-10-5-3-4-9(14)8(10)7-15/h3-5H,6H2,1-2H3,(H,18,19)(H2,16,17,20). The van der Waals surface area contributed by atoms with Gasteiger partial charge in [-0.3, -0.25) is 4.79 Å². The van der Waals surface area contributed by atoms with Crippen molar-refractivity contribution >= 4 is 17.7 Å². The van der Waals surface area contributed by atoms with Gasteiger partial charge in [-0.2, -0.15) is 5.26 Å². The third-order valence-electron chi connectivity index (χ3n) is 2.42. The van der Waals surface area contributed by atoms with Crippen molar-refractivity contribution in [1.82, 2.24) is 5.32 Å². The monoisotopic (exact) mass is 279 g/mol. The lowest BCUT2D eigenvalue weighted by Crippen LogP contribution is -2.46. The zero-order valence-corrected chi connectivity index (χ0v) is 11.0. The van der Waals surface area contributed by atoms with E-state index in [0.717, 1.165) is 6.07 Å². The molecule has 3 N–H and O–H groups in total. The molecule has 1 aromatic rings. The average Bonchev–Trinajstić information content (AvgIpc) is 2.26. The second-order valence-corrected chi connectivity index (χ2v) is 4.81. The fourth-order valence-electron chi connectivity index (χ4n) is 1.63. The van der Waals surface area contributed by atoms with Gasteiger partial charge in [-0.05, 0) is 26.0 Å². The first kappa shape index (κ1) is 15.4. The van der Waals surface area contributed by atoms with Gasteiger partial charge in [0.25, 0.3) is 0 Å². The number of rotatable bonds is 4. The van der Waals surface area contributed by atoms with Crippen LogP contribution in [0.5, 0.6) is 0 Å². The molecule has 106 valence electrons. The molecular formula is C13H14FN3O3. The van der Waals surface area contributed by atoms with E-state index in [0.29, 0.717) is 0 Å². The van der Waals surface area contributed by atoms with Crippen LogP contribution >= 0.6 is 0 Å². The van der Waals surface area contributed by atoms with Gasteiger partial charge in [0.2, 0.25) is 0 Å². The number of benzene rings is 1. The van der Waals surface area contributed by atoms with Crippen molar-refractivity contribution in [3.8, 4) is 6.07 Å². The van der Waals surface area contributed by atoms with Crippen molar-refractivity contribution in [1.29, 1.82) is 5.26 Å². The molecule has 0 aromatic heterocycles. The van der Waals surface area contributed by atoms with E-state index in [1.54, 1.807) is 6.07 Å². The third-order valence-corrected chi connectivity index (χ3v) is 2.42. The van der Waals surface area contributed by atoms with Gasteiger partial charge in [0.15, 0.2) is 0 Å². The number of hydrogen-bond donors (Lipinski definition) is 3. The van der Waals surface area contributed by atoms with E-state index < -0.39 is 23.4 Å². The maximum atomic E-state index is 13.3. The van der Waals surface area contributed by atoms with Crippen LogP contribution in [-0.4, -0.2) is 22.6 Å². The number of halogens is 1. The SMILES string of the molecule is CC(C)(CC(=O)O)NC(=O)Nc1cccc(F)c1C#N. The number of aliphatic carboxylic acids is 1. The molecule has 0 radical (unpaired) electrons. The highest BCUT2D eigenvalue weighted by Crippen LogP contribution is 2.18. The zero-order chi connectivity index (χ0) is 15.3. The molecule has 7 heteroatoms. The lowest BCUT2D eigenvalue weighted by atomic mass is 10.0. The smallest absolute Gasteiger partial charge is 0.319 e. The van der Waals surface area contributed by atoms with Crippen molar-refractivity contribution in [2.45, 2.75) is 25.8 Å². The summed E-state index contributed by atoms with van der Waals surface area (Å²) >= 11 is 0. The lowest BCUT2D eigenvalue weighted by Gasteiger charge is -2.24. The quantitative estimate of drug-likeness (QED) is 0.785. The molecule has 0 aliphatic carbocycles. The summed E-state index contributed by atoms with van der Waals surface area (Å²) in [4.78, 5) is 22.4. The predicted octanol–water partition coefficient (Wildman–Crippen LogP) is 2.07. The molecule has 6 nitrogen and oxygen atoms in total. The Morgan fingerprint density at radius 3 is 2.65 bits per heavy atom. The first-order chi connectivity index (χ1) is 9.25. The Balaban J connectivity index is 2.80. The number of nitriles is 1. The van der Waals surface area contributed by atoms with Gasteiger partial charge in [-0.15, -0.1) is 0 Å². The number of hydrogen-bond acceptors (Lipinski definition) is 3. The van der Waals surface area contributed by atoms with Crippen molar-refractivity contribution in [2.75, 3.05) is 5.32 Å². The summed E-state index contributed by atoms with van der Waals surface area (Å²) in [5.74, 6) is -1.80. The number of amides is 2. The highest BCUT2D eigenvalue weighted by Gasteiger charge is 2.24. The first-order valence-corrected chi connectivity index (χ1v) is 5.75. The predicted molar refractivity (Wildman–Crippen MR) is 69.6 cm³/mol. The number of nitrogens with one attached hydrogen (secondary N) is 2. The van der Waals surface area contributed by atoms with Crippen molar-refractivity contribution in [3.05, 3.63) is 29.6 Å². The molecule has 0 heterocycles. The van der Waals surface area contributed by atoms with Crippen LogP contribution in [0.4, 0.5) is 14.9 Å². The minimum absolute atomic E-state index is 0.0242. The molecule has 0 saturated carbocycles. The molecule has 1 aromatic carbocycles. The number of nitrogens with zero attached hydrogens (tertiary/aromatic N) is 1. The van der Waals surface area contributed by atoms with E-state index in [9.17, 15) is 14.0 Å². The largest absolute Gasteiger partial charge is 0.481 e. The molecule has 0 saturated heterocycles. The van der Waals surface area contributed by atoms with Crippen molar-refractivity contribution in [3.63, 3.8) is 0 Å². The number of urea groups is 1. The Morgan fingerprint density at radius 1 is 1.45 bits per heavy atom. The van der Waals surface area contributed by atoms with Crippen LogP contribution in [0.1, 0.15) is 25.8 Å². The summed E-state index contributed by atoms with van der Waals surface area (Å²) in [6.07, 6.45) is -0.269. The number of carboxylic acids is 1. The summed E-state index contributed by atoms with van der Waals surface area (Å²) in [7, 11) is 0. The zero-order valence-electron chi connectivity index (χ0n) is 11.0. The Hall–Kier alpha value is -2.62. The molecule has 20 heavy (non-hydrogen) atoms. The molecule has 2 amide bonds. The molecule has 1 rings (SSSR count). The average molecular weight is 279 g/mol. The number of carbonyl (C=O) groups excluding carboxylic acids is 1. The Bertz CT molecular complexity index is 579. The van der Waals surface area contributed by atoms with E-state index in [1.807, 2.05) is 0 Å². The third kappa shape index (κ3) is 4.24. The molecule has 0 aliphatic rings. The summed E-state index contributed by atoms with van der Waals surface area (Å²) in [5, 5.41) is 22.3. The van der Waals surface area contributed by atoms with Crippen LogP contribution in [0.3, 0.4) is 0 Å². The Kier molecular flexibility index (Phi) is 4.64. The minimum atomic E-state index is -1.06. The van der Waals surface area contributed by atoms with Gasteiger partial charge in [-0.25, -0.2) is 9.18 Å². The van der Waals surface area contributed by atoms with Crippen LogP contribution in [0.25, 0.3) is 0 Å². The van der Waals surface area contributed by atoms with Crippen LogP contribution in [0, 0.1) is 17.1 Å². The number of anilines is 1. The summed E-state index contributed by atoms with van der Waals surface area (Å²) < 4.78 is 13.3. The van der Waals surface area contributed by atoms with Gasteiger partial charge in [0.05, 0.1) is 12.1 Å².